The number of carboxylic acids is 1. The lowest BCUT2D eigenvalue weighted by molar-refractivity contribution is -0.284. The second-order valence-electron chi connectivity index (χ2n) is 11.3. The smallest absolute Gasteiger partial charge is 0.453 e. The van der Waals surface area contributed by atoms with Gasteiger partial charge in [-0.25, -0.2) is 4.79 Å². The maximum absolute atomic E-state index is 12.9. The molecular formula is C31H39F5O5S. The Hall–Kier alpha value is -2.69. The van der Waals surface area contributed by atoms with E-state index >= 15 is 0 Å². The van der Waals surface area contributed by atoms with Gasteiger partial charge in [0, 0.05) is 46.1 Å². The van der Waals surface area contributed by atoms with Crippen molar-refractivity contribution in [3.8, 4) is 11.5 Å². The van der Waals surface area contributed by atoms with Gasteiger partial charge in [-0.2, -0.15) is 22.0 Å². The maximum atomic E-state index is 12.9. The van der Waals surface area contributed by atoms with Crippen LogP contribution in [0.3, 0.4) is 0 Å². The summed E-state index contributed by atoms with van der Waals surface area (Å²) in [4.78, 5) is 11.3. The Balaban J connectivity index is 1.42. The zero-order valence-electron chi connectivity index (χ0n) is 23.7. The number of hydrogen-bond donors (Lipinski definition) is 2. The van der Waals surface area contributed by atoms with Gasteiger partial charge in [0.15, 0.2) is 0 Å². The number of unbranched alkanes of at least 4 members (excludes halogenated alkanes) is 6. The largest absolute Gasteiger partial charge is 0.508 e. The summed E-state index contributed by atoms with van der Waals surface area (Å²) in [5, 5.41) is 19.2. The van der Waals surface area contributed by atoms with E-state index in [9.17, 15) is 41.2 Å². The van der Waals surface area contributed by atoms with Crippen LogP contribution < -0.4 is 4.74 Å². The van der Waals surface area contributed by atoms with Gasteiger partial charge in [0.2, 0.25) is 0 Å². The van der Waals surface area contributed by atoms with Gasteiger partial charge >= 0.3 is 18.1 Å². The fourth-order valence-electron chi connectivity index (χ4n) is 5.55. The summed E-state index contributed by atoms with van der Waals surface area (Å²) in [5.41, 5.74) is 1.83. The predicted molar refractivity (Wildman–Crippen MR) is 152 cm³/mol. The first-order valence-electron chi connectivity index (χ1n) is 14.3. The van der Waals surface area contributed by atoms with Crippen LogP contribution >= 0.6 is 0 Å². The van der Waals surface area contributed by atoms with E-state index in [0.29, 0.717) is 24.5 Å². The van der Waals surface area contributed by atoms with E-state index in [1.54, 1.807) is 24.3 Å². The minimum absolute atomic E-state index is 0.101. The molecule has 2 aromatic rings. The number of carbonyl (C=O) groups is 1. The molecule has 0 radical (unpaired) electrons. The van der Waals surface area contributed by atoms with Crippen LogP contribution in [0.25, 0.3) is 0 Å². The third-order valence-electron chi connectivity index (χ3n) is 8.10. The standard InChI is InChI=1S/C31H39F5O5S/c1-29(23-13-11-22(12-14-23)28(38)39)21-41-27-20-24(37)15-16-25(27)26(29)10-7-5-3-2-4-6-8-18-42(40)19-9-17-30(32,33)31(34,35)36/h11-16,20,26,37H,2-10,17-19,21H2,1H3,(H,38,39)/t26-,29-,42?/m1/s1. The summed E-state index contributed by atoms with van der Waals surface area (Å²) >= 11 is 0. The Kier molecular flexibility index (Phi) is 11.8. The van der Waals surface area contributed by atoms with Crippen molar-refractivity contribution >= 4 is 16.8 Å². The van der Waals surface area contributed by atoms with Crippen LogP contribution in [0, 0.1) is 0 Å². The fourth-order valence-corrected chi connectivity index (χ4v) is 6.75. The highest BCUT2D eigenvalue weighted by Crippen LogP contribution is 2.49. The van der Waals surface area contributed by atoms with Crippen molar-refractivity contribution in [1.82, 2.24) is 0 Å². The average molecular weight is 619 g/mol. The van der Waals surface area contributed by atoms with Gasteiger partial charge in [0.1, 0.15) is 11.5 Å². The molecule has 42 heavy (non-hydrogen) atoms. The van der Waals surface area contributed by atoms with Crippen LogP contribution in [0.5, 0.6) is 11.5 Å². The van der Waals surface area contributed by atoms with Crippen molar-refractivity contribution in [2.24, 2.45) is 0 Å². The van der Waals surface area contributed by atoms with Gasteiger partial charge in [-0.15, -0.1) is 0 Å². The minimum Gasteiger partial charge on any atom is -0.508 e. The topological polar surface area (TPSA) is 83.8 Å². The Morgan fingerprint density at radius 1 is 0.929 bits per heavy atom. The summed E-state index contributed by atoms with van der Waals surface area (Å²) in [6.45, 7) is 2.52. The van der Waals surface area contributed by atoms with Gasteiger partial charge in [-0.3, -0.25) is 4.21 Å². The number of carboxylic acid groups (broad SMARTS) is 1. The van der Waals surface area contributed by atoms with E-state index in [1.807, 2.05) is 18.2 Å². The van der Waals surface area contributed by atoms with Crippen molar-refractivity contribution in [1.29, 1.82) is 0 Å². The molecule has 234 valence electrons. The molecule has 0 aliphatic carbocycles. The van der Waals surface area contributed by atoms with Gasteiger partial charge in [0.05, 0.1) is 12.2 Å². The number of rotatable bonds is 16. The lowest BCUT2D eigenvalue weighted by atomic mass is 9.66. The minimum atomic E-state index is -5.57. The van der Waals surface area contributed by atoms with Crippen molar-refractivity contribution in [2.45, 2.75) is 94.6 Å². The molecule has 3 rings (SSSR count). The predicted octanol–water partition coefficient (Wildman–Crippen LogP) is 8.37. The molecule has 2 N–H and O–H groups in total. The number of fused-ring (bicyclic) bond motifs is 1. The molecule has 0 saturated heterocycles. The molecule has 11 heteroatoms. The Morgan fingerprint density at radius 3 is 2.14 bits per heavy atom. The lowest BCUT2D eigenvalue weighted by Crippen LogP contribution is -2.40. The second kappa shape index (κ2) is 14.7. The first-order chi connectivity index (χ1) is 19.7. The van der Waals surface area contributed by atoms with Crippen molar-refractivity contribution in [3.63, 3.8) is 0 Å². The molecule has 0 saturated carbocycles. The first kappa shape index (κ1) is 33.8. The maximum Gasteiger partial charge on any atom is 0.453 e. The third kappa shape index (κ3) is 8.91. The molecule has 1 aliphatic rings. The molecule has 5 nitrogen and oxygen atoms in total. The van der Waals surface area contributed by atoms with Gasteiger partial charge < -0.3 is 14.9 Å². The van der Waals surface area contributed by atoms with Crippen LogP contribution in [-0.4, -0.2) is 50.6 Å². The van der Waals surface area contributed by atoms with Crippen molar-refractivity contribution < 1.29 is 45.9 Å². The molecule has 2 aromatic carbocycles. The number of phenolic OH excluding ortho intramolecular Hbond substituents is 1. The lowest BCUT2D eigenvalue weighted by Gasteiger charge is -2.43. The zero-order valence-corrected chi connectivity index (χ0v) is 24.5. The van der Waals surface area contributed by atoms with E-state index in [4.69, 9.17) is 4.74 Å². The van der Waals surface area contributed by atoms with Crippen LogP contribution in [0.2, 0.25) is 0 Å². The summed E-state index contributed by atoms with van der Waals surface area (Å²) in [7, 11) is -1.40. The molecule has 1 aliphatic heterocycles. The number of aromatic hydroxyl groups is 1. The normalized spacial score (nSPS) is 19.6. The van der Waals surface area contributed by atoms with Gasteiger partial charge in [0.25, 0.3) is 0 Å². The number of benzene rings is 2. The fraction of sp³-hybridized carbons (Fsp3) is 0.581. The Labute approximate surface area is 245 Å². The summed E-state index contributed by atoms with van der Waals surface area (Å²) in [6, 6.07) is 12.1. The number of aromatic carboxylic acids is 1. The van der Waals surface area contributed by atoms with Crippen LogP contribution in [0.15, 0.2) is 42.5 Å². The summed E-state index contributed by atoms with van der Waals surface area (Å²) in [6.07, 6.45) is -0.103. The highest BCUT2D eigenvalue weighted by atomic mass is 32.2. The first-order valence-corrected chi connectivity index (χ1v) is 15.8. The average Bonchev–Trinajstić information content (AvgIpc) is 2.92. The highest BCUT2D eigenvalue weighted by Gasteiger charge is 2.56. The van der Waals surface area contributed by atoms with Crippen molar-refractivity contribution in [2.75, 3.05) is 18.1 Å². The molecule has 0 aromatic heterocycles. The van der Waals surface area contributed by atoms with Gasteiger partial charge in [-0.05, 0) is 48.6 Å². The van der Waals surface area contributed by atoms with E-state index in [1.165, 1.54) is 0 Å². The summed E-state index contributed by atoms with van der Waals surface area (Å²) in [5.74, 6) is -4.67. The monoisotopic (exact) mass is 618 g/mol. The molecule has 0 bridgehead atoms. The molecule has 1 heterocycles. The van der Waals surface area contributed by atoms with E-state index in [-0.39, 0.29) is 28.4 Å². The number of phenols is 1. The SMILES string of the molecule is C[C@]1(c2ccc(C(=O)O)cc2)COc2cc(O)ccc2[C@H]1CCCCCCCCCS(=O)CCCC(F)(F)C(F)(F)F. The molecule has 3 atom stereocenters. The summed E-state index contributed by atoms with van der Waals surface area (Å²) < 4.78 is 80.5. The number of halogens is 5. The second-order valence-corrected chi connectivity index (χ2v) is 13.0. The molecule has 0 amide bonds. The molecule has 0 fully saturated rings. The number of alkyl halides is 5. The van der Waals surface area contributed by atoms with E-state index < -0.39 is 41.7 Å². The van der Waals surface area contributed by atoms with E-state index in [0.717, 1.165) is 56.1 Å². The highest BCUT2D eigenvalue weighted by molar-refractivity contribution is 7.84. The van der Waals surface area contributed by atoms with Crippen molar-refractivity contribution in [3.05, 3.63) is 59.2 Å². The van der Waals surface area contributed by atoms with Crippen LogP contribution in [0.4, 0.5) is 22.0 Å². The number of ether oxygens (including phenoxy) is 1. The zero-order chi connectivity index (χ0) is 31.0. The quantitative estimate of drug-likeness (QED) is 0.146. The van der Waals surface area contributed by atoms with E-state index in [2.05, 4.69) is 6.92 Å². The van der Waals surface area contributed by atoms with Gasteiger partial charge in [-0.1, -0.05) is 63.6 Å². The Bertz CT molecular complexity index is 1200. The third-order valence-corrected chi connectivity index (χ3v) is 9.59. The molecule has 1 unspecified atom stereocenters. The number of hydrogen-bond acceptors (Lipinski definition) is 4. The molecular weight excluding hydrogens is 579 g/mol. The van der Waals surface area contributed by atoms with Crippen LogP contribution in [-0.2, 0) is 16.2 Å². The molecule has 0 spiro atoms. The Morgan fingerprint density at radius 2 is 1.52 bits per heavy atom. The van der Waals surface area contributed by atoms with Crippen LogP contribution in [0.1, 0.15) is 98.5 Å².